The number of benzene rings is 1. The number of aromatic amines is 1. The summed E-state index contributed by atoms with van der Waals surface area (Å²) in [5.41, 5.74) is 6.53. The molecule has 1 aliphatic heterocycles. The third-order valence-corrected chi connectivity index (χ3v) is 4.58. The van der Waals surface area contributed by atoms with Gasteiger partial charge in [0.1, 0.15) is 17.6 Å². The lowest BCUT2D eigenvalue weighted by molar-refractivity contribution is 0.396. The van der Waals surface area contributed by atoms with Gasteiger partial charge in [-0.25, -0.2) is 14.8 Å². The lowest BCUT2D eigenvalue weighted by atomic mass is 10.2. The van der Waals surface area contributed by atoms with Crippen molar-refractivity contribution < 1.29 is 4.74 Å². The molecule has 1 aliphatic rings. The van der Waals surface area contributed by atoms with Crippen LogP contribution in [0.15, 0.2) is 36.9 Å². The van der Waals surface area contributed by atoms with Crippen LogP contribution in [-0.2, 0) is 6.42 Å². The van der Waals surface area contributed by atoms with Crippen LogP contribution in [0.1, 0.15) is 28.2 Å². The molecule has 1 aromatic carbocycles. The quantitative estimate of drug-likeness (QED) is 0.462. The molecule has 5 rings (SSSR count). The van der Waals surface area contributed by atoms with Gasteiger partial charge in [-0.05, 0) is 30.5 Å². The van der Waals surface area contributed by atoms with Crippen molar-refractivity contribution in [1.29, 1.82) is 0 Å². The summed E-state index contributed by atoms with van der Waals surface area (Å²) in [5.74, 6) is 6.77. The molecule has 0 aliphatic carbocycles. The van der Waals surface area contributed by atoms with Gasteiger partial charge in [0.15, 0.2) is 0 Å². The largest absolute Gasteiger partial charge is 0.480 e. The number of hydrogen-bond acceptors (Lipinski definition) is 5. The van der Waals surface area contributed by atoms with E-state index in [1.165, 1.54) is 0 Å². The van der Waals surface area contributed by atoms with Crippen molar-refractivity contribution in [1.82, 2.24) is 34.7 Å². The Labute approximate surface area is 154 Å². The number of fused-ring (bicyclic) bond motifs is 5. The highest BCUT2D eigenvalue weighted by atomic mass is 16.5. The minimum atomic E-state index is 0.538. The highest BCUT2D eigenvalue weighted by molar-refractivity contribution is 5.58. The molecule has 0 fully saturated rings. The molecule has 8 nitrogen and oxygen atoms in total. The molecule has 0 bridgehead atoms. The van der Waals surface area contributed by atoms with Crippen LogP contribution >= 0.6 is 0 Å². The standard InChI is InChI=1S/C19H15N7O/c1-12-3-6-16-18(7-12)26-14(10-22-24-26)8-17-15(20-11-25(16)17)5-4-13-9-21-23-19(13)27-2/h3,6-7,9-11H,8H2,1-2H3,(H,21,23). The summed E-state index contributed by atoms with van der Waals surface area (Å²) in [6.07, 6.45) is 5.86. The van der Waals surface area contributed by atoms with Gasteiger partial charge in [0, 0.05) is 6.42 Å². The third kappa shape index (κ3) is 2.40. The summed E-state index contributed by atoms with van der Waals surface area (Å²) < 4.78 is 9.17. The molecule has 27 heavy (non-hydrogen) atoms. The molecule has 3 aromatic heterocycles. The molecular weight excluding hydrogens is 342 g/mol. The van der Waals surface area contributed by atoms with Crippen LogP contribution in [0.2, 0.25) is 0 Å². The number of nitrogens with zero attached hydrogens (tertiary/aromatic N) is 6. The molecule has 8 heteroatoms. The van der Waals surface area contributed by atoms with Crippen molar-refractivity contribution in [3.05, 3.63) is 65.1 Å². The number of H-pyrrole nitrogens is 1. The topological polar surface area (TPSA) is 86.4 Å². The first kappa shape index (κ1) is 15.4. The van der Waals surface area contributed by atoms with Crippen LogP contribution < -0.4 is 4.74 Å². The van der Waals surface area contributed by atoms with E-state index in [0.717, 1.165) is 28.3 Å². The Bertz CT molecular complexity index is 1220. The Morgan fingerprint density at radius 1 is 1.19 bits per heavy atom. The number of nitrogens with one attached hydrogen (secondary N) is 1. The fraction of sp³-hybridized carbons (Fsp3) is 0.158. The minimum Gasteiger partial charge on any atom is -0.480 e. The van der Waals surface area contributed by atoms with Crippen LogP contribution in [-0.4, -0.2) is 41.9 Å². The highest BCUT2D eigenvalue weighted by Crippen LogP contribution is 2.29. The summed E-state index contributed by atoms with van der Waals surface area (Å²) in [4.78, 5) is 4.54. The number of methoxy groups -OCH3 is 1. The minimum absolute atomic E-state index is 0.538. The van der Waals surface area contributed by atoms with E-state index in [4.69, 9.17) is 4.74 Å². The van der Waals surface area contributed by atoms with Crippen molar-refractivity contribution in [2.24, 2.45) is 0 Å². The Kier molecular flexibility index (Phi) is 3.33. The van der Waals surface area contributed by atoms with Crippen LogP contribution in [0.3, 0.4) is 0 Å². The van der Waals surface area contributed by atoms with Gasteiger partial charge in [-0.2, -0.15) is 5.10 Å². The number of imidazole rings is 1. The van der Waals surface area contributed by atoms with Crippen molar-refractivity contribution in [3.8, 4) is 29.1 Å². The molecule has 0 spiro atoms. The second-order valence-electron chi connectivity index (χ2n) is 6.28. The zero-order valence-electron chi connectivity index (χ0n) is 14.8. The first-order valence-electron chi connectivity index (χ1n) is 8.41. The van der Waals surface area contributed by atoms with E-state index < -0.39 is 0 Å². The molecular formula is C19H15N7O. The fourth-order valence-corrected chi connectivity index (χ4v) is 3.26. The molecule has 0 atom stereocenters. The molecule has 4 heterocycles. The van der Waals surface area contributed by atoms with Gasteiger partial charge in [-0.15, -0.1) is 5.10 Å². The van der Waals surface area contributed by atoms with E-state index >= 15 is 0 Å². The molecule has 0 saturated carbocycles. The zero-order chi connectivity index (χ0) is 18.4. The normalized spacial score (nSPS) is 11.6. The third-order valence-electron chi connectivity index (χ3n) is 4.58. The molecule has 0 saturated heterocycles. The van der Waals surface area contributed by atoms with Gasteiger partial charge in [-0.1, -0.05) is 17.2 Å². The van der Waals surface area contributed by atoms with Gasteiger partial charge < -0.3 is 4.74 Å². The van der Waals surface area contributed by atoms with E-state index in [2.05, 4.69) is 67.0 Å². The average Bonchev–Trinajstić information content (AvgIpc) is 3.39. The fourth-order valence-electron chi connectivity index (χ4n) is 3.26. The van der Waals surface area contributed by atoms with Gasteiger partial charge in [-0.3, -0.25) is 4.57 Å². The van der Waals surface area contributed by atoms with E-state index in [0.29, 0.717) is 23.6 Å². The second kappa shape index (κ2) is 5.85. The molecule has 0 amide bonds. The molecule has 0 unspecified atom stereocenters. The predicted octanol–water partition coefficient (Wildman–Crippen LogP) is 1.80. The lowest BCUT2D eigenvalue weighted by Crippen LogP contribution is -2.03. The van der Waals surface area contributed by atoms with Crippen LogP contribution in [0.4, 0.5) is 0 Å². The Morgan fingerprint density at radius 3 is 3.00 bits per heavy atom. The Morgan fingerprint density at radius 2 is 2.11 bits per heavy atom. The van der Waals surface area contributed by atoms with Gasteiger partial charge in [0.05, 0.1) is 42.3 Å². The average molecular weight is 357 g/mol. The number of ether oxygens (including phenoxy) is 1. The van der Waals surface area contributed by atoms with E-state index in [9.17, 15) is 0 Å². The van der Waals surface area contributed by atoms with Crippen molar-refractivity contribution in [2.45, 2.75) is 13.3 Å². The Balaban J connectivity index is 1.67. The van der Waals surface area contributed by atoms with E-state index in [1.807, 2.05) is 4.68 Å². The van der Waals surface area contributed by atoms with E-state index in [1.54, 1.807) is 25.8 Å². The number of hydrogen-bond donors (Lipinski definition) is 1. The predicted molar refractivity (Wildman–Crippen MR) is 97.1 cm³/mol. The highest BCUT2D eigenvalue weighted by Gasteiger charge is 2.22. The monoisotopic (exact) mass is 357 g/mol. The van der Waals surface area contributed by atoms with Crippen molar-refractivity contribution in [2.75, 3.05) is 7.11 Å². The Hall–Kier alpha value is -3.86. The van der Waals surface area contributed by atoms with Crippen molar-refractivity contribution >= 4 is 0 Å². The maximum atomic E-state index is 5.22. The van der Waals surface area contributed by atoms with Crippen LogP contribution in [0.25, 0.3) is 11.4 Å². The van der Waals surface area contributed by atoms with Gasteiger partial charge >= 0.3 is 0 Å². The van der Waals surface area contributed by atoms with E-state index in [-0.39, 0.29) is 0 Å². The number of aryl methyl sites for hydroxylation is 1. The maximum Gasteiger partial charge on any atom is 0.225 e. The second-order valence-corrected chi connectivity index (χ2v) is 6.28. The number of rotatable bonds is 1. The van der Waals surface area contributed by atoms with Gasteiger partial charge in [0.2, 0.25) is 5.88 Å². The first-order chi connectivity index (χ1) is 13.2. The molecule has 1 N–H and O–H groups in total. The van der Waals surface area contributed by atoms with Crippen LogP contribution in [0, 0.1) is 18.8 Å². The van der Waals surface area contributed by atoms with Crippen molar-refractivity contribution in [3.63, 3.8) is 0 Å². The summed E-state index contributed by atoms with van der Waals surface area (Å²) in [5, 5.41) is 15.1. The van der Waals surface area contributed by atoms with Crippen LogP contribution in [0.5, 0.6) is 5.88 Å². The van der Waals surface area contributed by atoms with Gasteiger partial charge in [0.25, 0.3) is 0 Å². The number of aromatic nitrogens is 7. The lowest BCUT2D eigenvalue weighted by Gasteiger charge is -2.10. The first-order valence-corrected chi connectivity index (χ1v) is 8.41. The summed E-state index contributed by atoms with van der Waals surface area (Å²) in [6, 6.07) is 6.25. The zero-order valence-corrected chi connectivity index (χ0v) is 14.8. The molecule has 4 aromatic rings. The molecule has 132 valence electrons. The summed E-state index contributed by atoms with van der Waals surface area (Å²) in [6.45, 7) is 2.06. The maximum absolute atomic E-state index is 5.22. The molecule has 0 radical (unpaired) electrons. The smallest absolute Gasteiger partial charge is 0.225 e. The summed E-state index contributed by atoms with van der Waals surface area (Å²) >= 11 is 0. The summed E-state index contributed by atoms with van der Waals surface area (Å²) in [7, 11) is 1.58. The SMILES string of the molecule is COc1[nH]ncc1C#Cc1ncn2c1Cc1cnnn1-c1cc(C)ccc1-2.